The Labute approximate surface area is 90.7 Å². The second-order valence-corrected chi connectivity index (χ2v) is 1.74. The van der Waals surface area contributed by atoms with E-state index in [2.05, 4.69) is 31.5 Å². The van der Waals surface area contributed by atoms with Gasteiger partial charge in [0.15, 0.2) is 0 Å². The van der Waals surface area contributed by atoms with Crippen molar-refractivity contribution in [3.63, 3.8) is 0 Å². The van der Waals surface area contributed by atoms with E-state index in [9.17, 15) is 4.79 Å². The SMILES string of the molecule is [B]CNC(=O)N[CH2-].[CH2-]CCC.[W+2]. The van der Waals surface area contributed by atoms with E-state index in [-0.39, 0.29) is 33.5 Å². The topological polar surface area (TPSA) is 41.1 Å². The molecule has 2 amide bonds. The van der Waals surface area contributed by atoms with Crippen LogP contribution in [0.1, 0.15) is 19.8 Å². The number of rotatable bonds is 2. The van der Waals surface area contributed by atoms with Crippen LogP contribution in [0.5, 0.6) is 0 Å². The zero-order valence-corrected chi connectivity index (χ0v) is 10.4. The Kier molecular flexibility index (Phi) is 25.7. The predicted octanol–water partition coefficient (Wildman–Crippen LogP) is 0.821. The number of nitrogens with one attached hydrogen (secondary N) is 2. The molecule has 0 heterocycles. The van der Waals surface area contributed by atoms with E-state index in [1.165, 1.54) is 6.42 Å². The van der Waals surface area contributed by atoms with Gasteiger partial charge in [-0.2, -0.15) is 6.42 Å². The van der Waals surface area contributed by atoms with E-state index >= 15 is 0 Å². The average Bonchev–Trinajstić information content (AvgIpc) is 2.05. The standard InChI is InChI=1S/C4H9.C3H6BN2O.W/c1-3-4-2;1-5-3(7)6-2-4;/h1,3-4H2,2H3;1-2H2,(H2,5,6,7);/q2*-1;+2. The number of hydrogen-bond acceptors (Lipinski definition) is 1. The van der Waals surface area contributed by atoms with Crippen LogP contribution in [0.15, 0.2) is 0 Å². The molecule has 2 radical (unpaired) electrons. The molecule has 12 heavy (non-hydrogen) atoms. The summed E-state index contributed by atoms with van der Waals surface area (Å²) in [6.07, 6.45) is 2.42. The molecule has 0 bridgehead atoms. The van der Waals surface area contributed by atoms with Gasteiger partial charge in [-0.15, -0.1) is 0 Å². The van der Waals surface area contributed by atoms with Gasteiger partial charge < -0.3 is 17.6 Å². The van der Waals surface area contributed by atoms with Crippen molar-refractivity contribution in [2.45, 2.75) is 19.8 Å². The van der Waals surface area contributed by atoms with Crippen LogP contribution in [0.3, 0.4) is 0 Å². The Balaban J connectivity index is -0.000000142. The quantitative estimate of drug-likeness (QED) is 0.568. The van der Waals surface area contributed by atoms with Crippen LogP contribution < -0.4 is 10.6 Å². The minimum absolute atomic E-state index is 0. The first-order valence-corrected chi connectivity index (χ1v) is 3.53. The predicted molar refractivity (Wildman–Crippen MR) is 47.9 cm³/mol. The first kappa shape index (κ1) is 17.9. The Morgan fingerprint density at radius 3 is 2.08 bits per heavy atom. The number of carbonyl (C=O) groups excluding carboxylic acids is 1. The van der Waals surface area contributed by atoms with E-state index in [0.29, 0.717) is 0 Å². The third kappa shape index (κ3) is 22.5. The number of urea groups is 1. The number of unbranched alkanes of at least 4 members (excludes halogenated alkanes) is 1. The van der Waals surface area contributed by atoms with Gasteiger partial charge in [0, 0.05) is 0 Å². The van der Waals surface area contributed by atoms with Gasteiger partial charge in [-0.3, -0.25) is 11.8 Å². The van der Waals surface area contributed by atoms with Crippen molar-refractivity contribution >= 4 is 13.9 Å². The molecular formula is C7H15BN2OW. The summed E-state index contributed by atoms with van der Waals surface area (Å²) in [5.74, 6) is 0. The Hall–Kier alpha value is 0.0232. The Morgan fingerprint density at radius 1 is 1.58 bits per heavy atom. The zero-order chi connectivity index (χ0) is 9.11. The molecule has 0 aliphatic rings. The number of amides is 2. The van der Waals surface area contributed by atoms with Gasteiger partial charge >= 0.3 is 21.1 Å². The molecule has 0 fully saturated rings. The maximum absolute atomic E-state index is 10.0. The summed E-state index contributed by atoms with van der Waals surface area (Å²) in [4.78, 5) is 10.0. The molecule has 0 saturated carbocycles. The van der Waals surface area contributed by atoms with Crippen LogP contribution in [0.2, 0.25) is 0 Å². The normalized spacial score (nSPS) is 6.92. The van der Waals surface area contributed by atoms with E-state index in [4.69, 9.17) is 7.85 Å². The number of hydrogen-bond donors (Lipinski definition) is 2. The molecule has 0 saturated heterocycles. The summed E-state index contributed by atoms with van der Waals surface area (Å²) in [7, 11) is 7.99. The monoisotopic (exact) mass is 338 g/mol. The molecule has 0 atom stereocenters. The first-order valence-electron chi connectivity index (χ1n) is 3.53. The fourth-order valence-corrected chi connectivity index (χ4v) is 0.155. The van der Waals surface area contributed by atoms with Crippen LogP contribution in [-0.2, 0) is 21.1 Å². The van der Waals surface area contributed by atoms with Gasteiger partial charge in [0.25, 0.3) is 6.03 Å². The fraction of sp³-hybridized carbons (Fsp3) is 0.571. The minimum Gasteiger partial charge on any atom is -0.490 e. The maximum atomic E-state index is 10.0. The minimum atomic E-state index is -0.359. The van der Waals surface area contributed by atoms with Crippen LogP contribution in [0.25, 0.3) is 0 Å². The third-order valence-corrected chi connectivity index (χ3v) is 0.777. The van der Waals surface area contributed by atoms with Crippen LogP contribution >= 0.6 is 0 Å². The van der Waals surface area contributed by atoms with Crippen molar-refractivity contribution < 1.29 is 25.9 Å². The van der Waals surface area contributed by atoms with E-state index < -0.39 is 0 Å². The van der Waals surface area contributed by atoms with Gasteiger partial charge in [0.2, 0.25) is 0 Å². The Bertz CT molecular complexity index is 91.5. The molecule has 0 rings (SSSR count). The molecule has 0 aliphatic heterocycles. The number of carbonyl (C=O) groups is 1. The van der Waals surface area contributed by atoms with Crippen molar-refractivity contribution in [1.82, 2.24) is 10.6 Å². The molecule has 68 valence electrons. The molecule has 3 nitrogen and oxygen atoms in total. The summed E-state index contributed by atoms with van der Waals surface area (Å²) < 4.78 is 0. The molecule has 0 aliphatic carbocycles. The van der Waals surface area contributed by atoms with Crippen LogP contribution in [-0.4, -0.2) is 20.3 Å². The fourth-order valence-electron chi connectivity index (χ4n) is 0.155. The van der Waals surface area contributed by atoms with E-state index in [0.717, 1.165) is 6.42 Å². The second-order valence-electron chi connectivity index (χ2n) is 1.74. The summed E-state index contributed by atoms with van der Waals surface area (Å²) in [6, 6.07) is -0.359. The smallest absolute Gasteiger partial charge is 0.490 e. The van der Waals surface area contributed by atoms with Crippen molar-refractivity contribution in [3.8, 4) is 0 Å². The summed E-state index contributed by atoms with van der Waals surface area (Å²) in [6.45, 7) is 5.72. The molecule has 0 aromatic carbocycles. The summed E-state index contributed by atoms with van der Waals surface area (Å²) in [5, 5.41) is 4.35. The second kappa shape index (κ2) is 17.2. The van der Waals surface area contributed by atoms with E-state index in [1.807, 2.05) is 0 Å². The van der Waals surface area contributed by atoms with Gasteiger partial charge in [0.05, 0.1) is 7.85 Å². The van der Waals surface area contributed by atoms with Gasteiger partial charge in [-0.1, -0.05) is 13.3 Å². The van der Waals surface area contributed by atoms with E-state index in [1.54, 1.807) is 0 Å². The molecule has 0 aromatic heterocycles. The van der Waals surface area contributed by atoms with Gasteiger partial charge in [-0.05, 0) is 6.44 Å². The first-order chi connectivity index (χ1) is 5.22. The average molecular weight is 338 g/mol. The molecular weight excluding hydrogens is 323 g/mol. The Morgan fingerprint density at radius 2 is 2.00 bits per heavy atom. The van der Waals surface area contributed by atoms with Crippen molar-refractivity contribution in [2.24, 2.45) is 0 Å². The van der Waals surface area contributed by atoms with Crippen LogP contribution in [0.4, 0.5) is 4.79 Å². The van der Waals surface area contributed by atoms with Gasteiger partial charge in [-0.25, -0.2) is 0 Å². The van der Waals surface area contributed by atoms with Gasteiger partial charge in [0.1, 0.15) is 0 Å². The molecule has 2 N–H and O–H groups in total. The molecule has 5 heteroatoms. The zero-order valence-electron chi connectivity index (χ0n) is 7.43. The third-order valence-electron chi connectivity index (χ3n) is 0.777. The molecule has 0 spiro atoms. The largest absolute Gasteiger partial charge is 2.00 e. The van der Waals surface area contributed by atoms with Crippen LogP contribution in [0, 0.1) is 14.0 Å². The summed E-state index contributed by atoms with van der Waals surface area (Å²) in [5.41, 5.74) is 0. The van der Waals surface area contributed by atoms with Crippen molar-refractivity contribution in [1.29, 1.82) is 0 Å². The van der Waals surface area contributed by atoms with Crippen molar-refractivity contribution in [3.05, 3.63) is 14.0 Å². The summed E-state index contributed by atoms with van der Waals surface area (Å²) >= 11 is 0. The maximum Gasteiger partial charge on any atom is 2.00 e. The van der Waals surface area contributed by atoms with Crippen molar-refractivity contribution in [2.75, 3.05) is 6.44 Å². The molecule has 0 aromatic rings. The molecule has 0 unspecified atom stereocenters.